The molecule has 0 N–H and O–H groups in total. The molecule has 0 bridgehead atoms. The van der Waals surface area contributed by atoms with Gasteiger partial charge in [-0.25, -0.2) is 4.79 Å². The molecule has 0 aromatic heterocycles. The van der Waals surface area contributed by atoms with Crippen LogP contribution in [0.4, 0.5) is 10.5 Å². The number of hydrogen-bond acceptors (Lipinski definition) is 3. The summed E-state index contributed by atoms with van der Waals surface area (Å²) in [6.45, 7) is 2.02. The van der Waals surface area contributed by atoms with E-state index in [2.05, 4.69) is 30.9 Å². The summed E-state index contributed by atoms with van der Waals surface area (Å²) < 4.78 is 5.53. The van der Waals surface area contributed by atoms with Crippen molar-refractivity contribution in [1.82, 2.24) is 0 Å². The van der Waals surface area contributed by atoms with E-state index in [0.717, 1.165) is 4.47 Å². The summed E-state index contributed by atoms with van der Waals surface area (Å²) in [7, 11) is 0. The van der Waals surface area contributed by atoms with Crippen LogP contribution in [0, 0.1) is 0 Å². The van der Waals surface area contributed by atoms with E-state index in [9.17, 15) is 4.79 Å². The van der Waals surface area contributed by atoms with Gasteiger partial charge in [0.2, 0.25) is 0 Å². The summed E-state index contributed by atoms with van der Waals surface area (Å²) >= 11 is 3.29. The van der Waals surface area contributed by atoms with Gasteiger partial charge in [0.05, 0.1) is 12.3 Å². The number of carbonyl (C=O) groups excluding carboxylic acids is 1. The summed E-state index contributed by atoms with van der Waals surface area (Å²) in [5.74, 6) is 0. The van der Waals surface area contributed by atoms with Crippen LogP contribution in [-0.4, -0.2) is 12.7 Å². The lowest BCUT2D eigenvalue weighted by atomic mass is 10.3. The number of rotatable bonds is 2. The van der Waals surface area contributed by atoms with Crippen LogP contribution in [0.15, 0.2) is 39.0 Å². The minimum atomic E-state index is -0.671. The predicted molar refractivity (Wildman–Crippen MR) is 55.7 cm³/mol. The van der Waals surface area contributed by atoms with Crippen molar-refractivity contribution in [2.75, 3.05) is 6.61 Å². The third-order valence-corrected chi connectivity index (χ3v) is 1.87. The molecule has 4 nitrogen and oxygen atoms in total. The monoisotopic (exact) mass is 256 g/mol. The summed E-state index contributed by atoms with van der Waals surface area (Å²) in [6.07, 6.45) is -0.671. The van der Waals surface area contributed by atoms with E-state index in [1.165, 1.54) is 0 Å². The van der Waals surface area contributed by atoms with Gasteiger partial charge in [0.15, 0.2) is 0 Å². The lowest BCUT2D eigenvalue weighted by Crippen LogP contribution is -1.95. The van der Waals surface area contributed by atoms with Crippen molar-refractivity contribution >= 4 is 27.7 Å². The van der Waals surface area contributed by atoms with Crippen LogP contribution in [0.25, 0.3) is 0 Å². The highest BCUT2D eigenvalue weighted by Crippen LogP contribution is 2.16. The topological polar surface area (TPSA) is 51.0 Å². The van der Waals surface area contributed by atoms with Crippen molar-refractivity contribution in [2.24, 2.45) is 10.2 Å². The number of benzene rings is 1. The van der Waals surface area contributed by atoms with Gasteiger partial charge in [-0.2, -0.15) is 0 Å². The zero-order valence-corrected chi connectivity index (χ0v) is 9.19. The van der Waals surface area contributed by atoms with Gasteiger partial charge in [-0.3, -0.25) is 0 Å². The smallest absolute Gasteiger partial charge is 0.447 e. The van der Waals surface area contributed by atoms with Crippen LogP contribution >= 0.6 is 15.9 Å². The molecule has 0 fully saturated rings. The maximum Gasteiger partial charge on any atom is 0.452 e. The Kier molecular flexibility index (Phi) is 4.25. The maximum atomic E-state index is 10.8. The largest absolute Gasteiger partial charge is 0.452 e. The summed E-state index contributed by atoms with van der Waals surface area (Å²) in [4.78, 5) is 10.8. The maximum absolute atomic E-state index is 10.8. The van der Waals surface area contributed by atoms with E-state index < -0.39 is 6.09 Å². The second kappa shape index (κ2) is 5.49. The Labute approximate surface area is 90.1 Å². The molecule has 0 saturated carbocycles. The quantitative estimate of drug-likeness (QED) is 0.758. The fraction of sp³-hybridized carbons (Fsp3) is 0.222. The molecule has 5 heteroatoms. The summed E-state index contributed by atoms with van der Waals surface area (Å²) in [5.41, 5.74) is 0.612. The standard InChI is InChI=1S/C9H9BrN2O2/c1-2-14-9(13)12-11-8-5-3-7(10)4-6-8/h3-6H,2H2,1H3. The number of carbonyl (C=O) groups is 1. The van der Waals surface area contributed by atoms with Crippen molar-refractivity contribution in [2.45, 2.75) is 6.92 Å². The fourth-order valence-electron chi connectivity index (χ4n) is 0.759. The minimum absolute atomic E-state index is 0.304. The zero-order valence-electron chi connectivity index (χ0n) is 7.61. The first-order chi connectivity index (χ1) is 6.72. The van der Waals surface area contributed by atoms with Gasteiger partial charge in [0.1, 0.15) is 0 Å². The molecule has 1 rings (SSSR count). The molecule has 0 aliphatic rings. The summed E-state index contributed by atoms with van der Waals surface area (Å²) in [5, 5.41) is 7.06. The molecule has 1 aromatic carbocycles. The molecule has 0 saturated heterocycles. The first kappa shape index (κ1) is 10.8. The Morgan fingerprint density at radius 2 is 2.07 bits per heavy atom. The molecule has 74 valence electrons. The van der Waals surface area contributed by atoms with E-state index in [1.54, 1.807) is 19.1 Å². The Hall–Kier alpha value is -1.23. The molecule has 0 radical (unpaired) electrons. The normalized spacial score (nSPS) is 10.4. The van der Waals surface area contributed by atoms with Crippen LogP contribution in [0.1, 0.15) is 6.92 Å². The Bertz CT molecular complexity index is 335. The highest BCUT2D eigenvalue weighted by molar-refractivity contribution is 9.10. The van der Waals surface area contributed by atoms with E-state index >= 15 is 0 Å². The van der Waals surface area contributed by atoms with Crippen molar-refractivity contribution < 1.29 is 9.53 Å². The lowest BCUT2D eigenvalue weighted by Gasteiger charge is -1.93. The van der Waals surface area contributed by atoms with Crippen molar-refractivity contribution in [1.29, 1.82) is 0 Å². The molecule has 1 amide bonds. The van der Waals surface area contributed by atoms with Gasteiger partial charge in [0, 0.05) is 4.47 Å². The molecule has 0 unspecified atom stereocenters. The van der Waals surface area contributed by atoms with Crippen molar-refractivity contribution in [3.8, 4) is 0 Å². The lowest BCUT2D eigenvalue weighted by molar-refractivity contribution is 0.162. The molecular weight excluding hydrogens is 248 g/mol. The van der Waals surface area contributed by atoms with Crippen LogP contribution < -0.4 is 0 Å². The molecule has 0 heterocycles. The Morgan fingerprint density at radius 3 is 2.64 bits per heavy atom. The Balaban J connectivity index is 2.60. The minimum Gasteiger partial charge on any atom is -0.447 e. The number of halogens is 1. The van der Waals surface area contributed by atoms with Crippen LogP contribution in [0.2, 0.25) is 0 Å². The number of ether oxygens (including phenoxy) is 1. The Morgan fingerprint density at radius 1 is 1.43 bits per heavy atom. The highest BCUT2D eigenvalue weighted by Gasteiger charge is 1.96. The number of nitrogens with zero attached hydrogens (tertiary/aromatic N) is 2. The number of hydrogen-bond donors (Lipinski definition) is 0. The average molecular weight is 257 g/mol. The molecule has 0 spiro atoms. The molecular formula is C9H9BrN2O2. The van der Waals surface area contributed by atoms with Gasteiger partial charge >= 0.3 is 6.09 Å². The average Bonchev–Trinajstić information content (AvgIpc) is 2.17. The first-order valence-corrected chi connectivity index (χ1v) is 4.85. The van der Waals surface area contributed by atoms with E-state index in [-0.39, 0.29) is 0 Å². The number of amides is 1. The van der Waals surface area contributed by atoms with Gasteiger partial charge in [-0.05, 0) is 31.2 Å². The first-order valence-electron chi connectivity index (χ1n) is 4.06. The molecule has 0 aliphatic heterocycles. The van der Waals surface area contributed by atoms with Gasteiger partial charge < -0.3 is 4.74 Å². The molecule has 14 heavy (non-hydrogen) atoms. The molecule has 0 aliphatic carbocycles. The third-order valence-electron chi connectivity index (χ3n) is 1.34. The van der Waals surface area contributed by atoms with Gasteiger partial charge in [-0.1, -0.05) is 21.0 Å². The van der Waals surface area contributed by atoms with E-state index in [4.69, 9.17) is 0 Å². The highest BCUT2D eigenvalue weighted by atomic mass is 79.9. The predicted octanol–water partition coefficient (Wildman–Crippen LogP) is 3.69. The van der Waals surface area contributed by atoms with Crippen molar-refractivity contribution in [3.05, 3.63) is 28.7 Å². The van der Waals surface area contributed by atoms with Crippen LogP contribution in [0.5, 0.6) is 0 Å². The van der Waals surface area contributed by atoms with Gasteiger partial charge in [-0.15, -0.1) is 5.11 Å². The second-order valence-electron chi connectivity index (χ2n) is 2.38. The summed E-state index contributed by atoms with van der Waals surface area (Å²) in [6, 6.07) is 7.12. The van der Waals surface area contributed by atoms with Crippen LogP contribution in [-0.2, 0) is 4.74 Å². The van der Waals surface area contributed by atoms with Crippen molar-refractivity contribution in [3.63, 3.8) is 0 Å². The zero-order chi connectivity index (χ0) is 10.4. The fourth-order valence-corrected chi connectivity index (χ4v) is 1.02. The molecule has 0 atom stereocenters. The van der Waals surface area contributed by atoms with Gasteiger partial charge in [0.25, 0.3) is 0 Å². The van der Waals surface area contributed by atoms with E-state index in [1.807, 2.05) is 12.1 Å². The van der Waals surface area contributed by atoms with E-state index in [0.29, 0.717) is 12.3 Å². The van der Waals surface area contributed by atoms with Crippen LogP contribution in [0.3, 0.4) is 0 Å². The number of azo groups is 1. The second-order valence-corrected chi connectivity index (χ2v) is 3.29. The molecule has 1 aromatic rings. The SMILES string of the molecule is CCOC(=O)N=Nc1ccc(Br)cc1. The third kappa shape index (κ3) is 3.66.